The van der Waals surface area contributed by atoms with E-state index in [0.29, 0.717) is 23.1 Å². The Labute approximate surface area is 246 Å². The van der Waals surface area contributed by atoms with Crippen LogP contribution in [0.3, 0.4) is 0 Å². The first-order valence-electron chi connectivity index (χ1n) is 14.0. The summed E-state index contributed by atoms with van der Waals surface area (Å²) in [7, 11) is 5.48. The van der Waals surface area contributed by atoms with E-state index in [2.05, 4.69) is 68.5 Å². The lowest BCUT2D eigenvalue weighted by atomic mass is 9.39. The standard InChI is InChI=1S/C33H35N7O2/c1-6-30(41)36-25-16-26(29(42-5)17-28(25)39(4)15-14-34-3)38-31-35-13-12-24(37-31)23-18-40(27-11-9-8-10-22(23)27)33-19-32(7-2,20-33)21-33/h2,6,8-13,16-18,34H,1,14-15,19-21H2,3-5H3,(H,36,41)(H,35,37,38). The molecule has 214 valence electrons. The van der Waals surface area contributed by atoms with E-state index in [4.69, 9.17) is 16.1 Å². The molecule has 4 aromatic rings. The molecule has 0 radical (unpaired) electrons. The van der Waals surface area contributed by atoms with E-state index in [1.54, 1.807) is 13.3 Å². The fraction of sp³-hybridized carbons (Fsp3) is 0.303. The van der Waals surface area contributed by atoms with E-state index < -0.39 is 0 Å². The zero-order valence-corrected chi connectivity index (χ0v) is 24.2. The van der Waals surface area contributed by atoms with Gasteiger partial charge in [0.2, 0.25) is 11.9 Å². The SMILES string of the molecule is C#CC12CC(n3cc(-c4ccnc(Nc5cc(NC(=O)C=C)c(N(C)CCNC)cc5OC)n4)c4ccccc43)(C1)C2. The number of anilines is 4. The van der Waals surface area contributed by atoms with Gasteiger partial charge in [-0.2, -0.15) is 0 Å². The van der Waals surface area contributed by atoms with Gasteiger partial charge in [0.15, 0.2) is 0 Å². The number of para-hydroxylation sites is 1. The number of rotatable bonds is 11. The lowest BCUT2D eigenvalue weighted by Gasteiger charge is -2.68. The highest BCUT2D eigenvalue weighted by Gasteiger charge is 2.68. The fourth-order valence-electron chi connectivity index (χ4n) is 6.44. The molecule has 0 aliphatic heterocycles. The van der Waals surface area contributed by atoms with Gasteiger partial charge in [0.25, 0.3) is 0 Å². The van der Waals surface area contributed by atoms with Crippen molar-refractivity contribution in [3.05, 3.63) is 67.5 Å². The van der Waals surface area contributed by atoms with Gasteiger partial charge in [0.1, 0.15) is 5.75 Å². The largest absolute Gasteiger partial charge is 0.494 e. The van der Waals surface area contributed by atoms with Crippen molar-refractivity contribution in [2.75, 3.05) is 49.8 Å². The quantitative estimate of drug-likeness (QED) is 0.172. The van der Waals surface area contributed by atoms with Crippen LogP contribution in [0.5, 0.6) is 5.75 Å². The highest BCUT2D eigenvalue weighted by Crippen LogP contribution is 2.71. The molecule has 0 saturated heterocycles. The second kappa shape index (κ2) is 10.5. The van der Waals surface area contributed by atoms with Crippen molar-refractivity contribution < 1.29 is 9.53 Å². The minimum absolute atomic E-state index is 0.0812. The van der Waals surface area contributed by atoms with Crippen LogP contribution >= 0.6 is 0 Å². The second-order valence-electron chi connectivity index (χ2n) is 11.3. The number of terminal acetylenes is 1. The first kappa shape index (κ1) is 27.4. The molecular formula is C33H35N7O2. The Balaban J connectivity index is 1.35. The lowest BCUT2D eigenvalue weighted by molar-refractivity contribution is -0.141. The summed E-state index contributed by atoms with van der Waals surface area (Å²) in [6.45, 7) is 5.10. The van der Waals surface area contributed by atoms with Gasteiger partial charge in [-0.3, -0.25) is 4.79 Å². The van der Waals surface area contributed by atoms with Crippen LogP contribution in [-0.4, -0.2) is 54.7 Å². The fourth-order valence-corrected chi connectivity index (χ4v) is 6.44. The normalized spacial score (nSPS) is 20.1. The number of hydrogen-bond acceptors (Lipinski definition) is 7. The average molecular weight is 562 g/mol. The summed E-state index contributed by atoms with van der Waals surface area (Å²) in [5.74, 6) is 3.72. The van der Waals surface area contributed by atoms with E-state index in [1.165, 1.54) is 11.6 Å². The molecule has 2 bridgehead atoms. The molecule has 3 saturated carbocycles. The van der Waals surface area contributed by atoms with Crippen molar-refractivity contribution in [2.45, 2.75) is 24.8 Å². The monoisotopic (exact) mass is 561 g/mol. The van der Waals surface area contributed by atoms with Crippen LogP contribution in [0, 0.1) is 17.8 Å². The van der Waals surface area contributed by atoms with E-state index >= 15 is 0 Å². The summed E-state index contributed by atoms with van der Waals surface area (Å²) in [6.07, 6.45) is 14.1. The first-order chi connectivity index (χ1) is 20.3. The number of methoxy groups -OCH3 is 1. The van der Waals surface area contributed by atoms with Gasteiger partial charge in [-0.15, -0.1) is 6.42 Å². The van der Waals surface area contributed by atoms with Crippen LogP contribution in [0.15, 0.2) is 67.5 Å². The molecule has 2 heterocycles. The van der Waals surface area contributed by atoms with Gasteiger partial charge in [0.05, 0.1) is 29.9 Å². The second-order valence-corrected chi connectivity index (χ2v) is 11.3. The van der Waals surface area contributed by atoms with Gasteiger partial charge in [-0.05, 0) is 50.6 Å². The van der Waals surface area contributed by atoms with E-state index in [9.17, 15) is 4.79 Å². The molecule has 0 atom stereocenters. The van der Waals surface area contributed by atoms with Crippen LogP contribution in [0.25, 0.3) is 22.2 Å². The number of nitrogens with zero attached hydrogens (tertiary/aromatic N) is 4. The van der Waals surface area contributed by atoms with Gasteiger partial charge in [0, 0.05) is 66.0 Å². The van der Waals surface area contributed by atoms with Crippen LogP contribution in [0.2, 0.25) is 0 Å². The summed E-state index contributed by atoms with van der Waals surface area (Å²) >= 11 is 0. The van der Waals surface area contributed by atoms with Gasteiger partial charge in [-0.1, -0.05) is 30.7 Å². The molecule has 3 N–H and O–H groups in total. The third-order valence-electron chi connectivity index (χ3n) is 8.58. The molecule has 2 aromatic heterocycles. The van der Waals surface area contributed by atoms with Crippen LogP contribution in [0.1, 0.15) is 19.3 Å². The minimum Gasteiger partial charge on any atom is -0.494 e. The van der Waals surface area contributed by atoms with Crippen LogP contribution < -0.4 is 25.6 Å². The first-order valence-corrected chi connectivity index (χ1v) is 14.0. The number of likely N-dealkylation sites (N-methyl/N-ethyl adjacent to an activating group) is 2. The molecule has 0 spiro atoms. The highest BCUT2D eigenvalue weighted by molar-refractivity contribution is 6.02. The number of aromatic nitrogens is 3. The highest BCUT2D eigenvalue weighted by atomic mass is 16.5. The Kier molecular flexibility index (Phi) is 6.87. The predicted molar refractivity (Wildman–Crippen MR) is 168 cm³/mol. The van der Waals surface area contributed by atoms with Crippen LogP contribution in [0.4, 0.5) is 23.0 Å². The molecule has 1 amide bonds. The minimum atomic E-state index is -0.305. The number of benzene rings is 2. The number of nitrogens with one attached hydrogen (secondary N) is 3. The Bertz CT molecular complexity index is 1710. The number of amides is 1. The van der Waals surface area contributed by atoms with Gasteiger partial charge < -0.3 is 30.2 Å². The maximum Gasteiger partial charge on any atom is 0.247 e. The lowest BCUT2D eigenvalue weighted by Crippen LogP contribution is -2.66. The molecule has 42 heavy (non-hydrogen) atoms. The molecule has 3 fully saturated rings. The van der Waals surface area contributed by atoms with Gasteiger partial charge >= 0.3 is 0 Å². The van der Waals surface area contributed by atoms with Crippen molar-refractivity contribution in [3.8, 4) is 29.4 Å². The molecule has 3 aliphatic rings. The van der Waals surface area contributed by atoms with Crippen molar-refractivity contribution in [2.24, 2.45) is 5.41 Å². The van der Waals surface area contributed by atoms with E-state index in [-0.39, 0.29) is 16.9 Å². The number of ether oxygens (including phenoxy) is 1. The zero-order valence-electron chi connectivity index (χ0n) is 24.2. The average Bonchev–Trinajstić information content (AvgIpc) is 3.34. The predicted octanol–water partition coefficient (Wildman–Crippen LogP) is 5.14. The number of carbonyl (C=O) groups is 1. The maximum atomic E-state index is 12.3. The third-order valence-corrected chi connectivity index (χ3v) is 8.58. The topological polar surface area (TPSA) is 96.3 Å². The molecule has 9 nitrogen and oxygen atoms in total. The summed E-state index contributed by atoms with van der Waals surface area (Å²) in [5.41, 5.74) is 5.27. The Hall–Kier alpha value is -4.81. The summed E-state index contributed by atoms with van der Waals surface area (Å²) in [4.78, 5) is 23.7. The summed E-state index contributed by atoms with van der Waals surface area (Å²) in [6, 6.07) is 14.1. The van der Waals surface area contributed by atoms with Gasteiger partial charge in [-0.25, -0.2) is 9.97 Å². The van der Waals surface area contributed by atoms with Crippen LogP contribution in [-0.2, 0) is 10.3 Å². The smallest absolute Gasteiger partial charge is 0.247 e. The third kappa shape index (κ3) is 4.54. The Morgan fingerprint density at radius 3 is 2.74 bits per heavy atom. The molecule has 2 aromatic carbocycles. The summed E-state index contributed by atoms with van der Waals surface area (Å²) in [5, 5.41) is 10.5. The molecule has 3 aliphatic carbocycles. The van der Waals surface area contributed by atoms with E-state index in [1.807, 2.05) is 37.2 Å². The Morgan fingerprint density at radius 2 is 2.02 bits per heavy atom. The zero-order chi connectivity index (χ0) is 29.5. The van der Waals surface area contributed by atoms with E-state index in [0.717, 1.165) is 54.7 Å². The Morgan fingerprint density at radius 1 is 1.24 bits per heavy atom. The maximum absolute atomic E-state index is 12.3. The van der Waals surface area contributed by atoms with Crippen molar-refractivity contribution in [1.82, 2.24) is 19.9 Å². The van der Waals surface area contributed by atoms with Crippen molar-refractivity contribution in [1.29, 1.82) is 0 Å². The molecular weight excluding hydrogens is 526 g/mol. The summed E-state index contributed by atoms with van der Waals surface area (Å²) < 4.78 is 8.15. The number of carbonyl (C=O) groups excluding carboxylic acids is 1. The van der Waals surface area contributed by atoms with Crippen molar-refractivity contribution in [3.63, 3.8) is 0 Å². The molecule has 7 rings (SSSR count). The van der Waals surface area contributed by atoms with Crippen molar-refractivity contribution >= 4 is 39.8 Å². The number of fused-ring (bicyclic) bond motifs is 1. The molecule has 9 heteroatoms. The number of hydrogen-bond donors (Lipinski definition) is 3. The molecule has 0 unspecified atom stereocenters.